The molecule has 0 radical (unpaired) electrons. The smallest absolute Gasteiger partial charge is 0.115 e. The number of aromatic hydroxyl groups is 3. The van der Waals surface area contributed by atoms with Gasteiger partial charge in [0.15, 0.2) is 0 Å². The Bertz CT molecular complexity index is 1630. The predicted molar refractivity (Wildman–Crippen MR) is 230 cm³/mol. The van der Waals surface area contributed by atoms with Crippen LogP contribution in [0.4, 0.5) is 0 Å². The Morgan fingerprint density at radius 1 is 0.474 bits per heavy atom. The Morgan fingerprint density at radius 2 is 0.825 bits per heavy atom. The molecule has 0 fully saturated rings. The number of aliphatic hydroxyl groups is 2. The summed E-state index contributed by atoms with van der Waals surface area (Å²) < 4.78 is 0. The van der Waals surface area contributed by atoms with E-state index in [0.717, 1.165) is 55.5 Å². The van der Waals surface area contributed by atoms with Crippen LogP contribution in [0.15, 0.2) is 103 Å². The maximum absolute atomic E-state index is 10.6. The second-order valence-corrected chi connectivity index (χ2v) is 15.2. The third-order valence-electron chi connectivity index (χ3n) is 10.4. The standard InChI is InChI=1S/C45H67N7O5/c1-3-47-37(22-34-9-15-42(55)16-10-34)26-48-38(23-35-11-17-43(56)18-12-35)27-49-39(24-36-13-19-44(57)20-14-36)28-50-40(21-33-7-5-4-6-8-33)29-52-45(32(2)54)30-51-41(25-46)31-53/h4-20,32,37-41,45,47-57H,3,21-31,46H2,1-2H3/t32-,37+,38+,39+,40+,41+,45+/m1/s1. The molecule has 312 valence electrons. The number of phenolic OH excluding ortho intramolecular Hbond substituents is 3. The molecule has 4 aromatic rings. The number of phenols is 3. The van der Waals surface area contributed by atoms with E-state index in [1.807, 2.05) is 54.6 Å². The van der Waals surface area contributed by atoms with Gasteiger partial charge in [0.05, 0.1) is 12.7 Å². The summed E-state index contributed by atoms with van der Waals surface area (Å²) in [5.74, 6) is 0.727. The maximum Gasteiger partial charge on any atom is 0.115 e. The highest BCUT2D eigenvalue weighted by Gasteiger charge is 2.21. The molecule has 0 spiro atoms. The third-order valence-corrected chi connectivity index (χ3v) is 10.4. The number of hydrogen-bond donors (Lipinski definition) is 12. The minimum Gasteiger partial charge on any atom is -0.508 e. The van der Waals surface area contributed by atoms with Crippen molar-refractivity contribution in [2.45, 2.75) is 81.9 Å². The summed E-state index contributed by atoms with van der Waals surface area (Å²) in [6.45, 7) is 8.06. The zero-order valence-electron chi connectivity index (χ0n) is 33.7. The van der Waals surface area contributed by atoms with E-state index in [0.29, 0.717) is 32.7 Å². The molecule has 0 bridgehead atoms. The molecule has 0 unspecified atom stereocenters. The van der Waals surface area contributed by atoms with Crippen LogP contribution in [0.25, 0.3) is 0 Å². The molecular formula is C45H67N7O5. The molecule has 0 saturated carbocycles. The zero-order valence-corrected chi connectivity index (χ0v) is 33.7. The van der Waals surface area contributed by atoms with E-state index in [1.165, 1.54) is 5.56 Å². The summed E-state index contributed by atoms with van der Waals surface area (Å²) in [6, 6.07) is 32.3. The minimum atomic E-state index is -0.623. The van der Waals surface area contributed by atoms with E-state index in [1.54, 1.807) is 43.3 Å². The first-order valence-electron chi connectivity index (χ1n) is 20.4. The summed E-state index contributed by atoms with van der Waals surface area (Å²) in [4.78, 5) is 0. The molecule has 0 amide bonds. The van der Waals surface area contributed by atoms with Crippen molar-refractivity contribution in [2.75, 3.05) is 52.4 Å². The van der Waals surface area contributed by atoms with Crippen LogP contribution < -0.4 is 37.6 Å². The van der Waals surface area contributed by atoms with Crippen LogP contribution in [0, 0.1) is 0 Å². The lowest BCUT2D eigenvalue weighted by Crippen LogP contribution is -2.55. The molecule has 0 aliphatic heterocycles. The average molecular weight is 786 g/mol. The van der Waals surface area contributed by atoms with Crippen LogP contribution in [0.1, 0.15) is 36.1 Å². The average Bonchev–Trinajstić information content (AvgIpc) is 3.21. The summed E-state index contributed by atoms with van der Waals surface area (Å²) in [5, 5.41) is 72.1. The van der Waals surface area contributed by atoms with Crippen molar-refractivity contribution in [2.24, 2.45) is 5.73 Å². The summed E-state index contributed by atoms with van der Waals surface area (Å²) >= 11 is 0. The Labute approximate surface area is 339 Å². The van der Waals surface area contributed by atoms with Crippen LogP contribution in [0.5, 0.6) is 17.2 Å². The number of nitrogens with two attached hydrogens (primary N) is 1. The van der Waals surface area contributed by atoms with Gasteiger partial charge in [0, 0.05) is 75.5 Å². The molecule has 7 atom stereocenters. The van der Waals surface area contributed by atoms with Crippen molar-refractivity contribution in [3.05, 3.63) is 125 Å². The van der Waals surface area contributed by atoms with Crippen molar-refractivity contribution in [1.82, 2.24) is 31.9 Å². The highest BCUT2D eigenvalue weighted by Crippen LogP contribution is 2.15. The molecule has 0 aliphatic rings. The highest BCUT2D eigenvalue weighted by molar-refractivity contribution is 5.28. The molecule has 12 nitrogen and oxygen atoms in total. The van der Waals surface area contributed by atoms with Gasteiger partial charge in [-0.3, -0.25) is 0 Å². The van der Waals surface area contributed by atoms with Gasteiger partial charge in [-0.2, -0.15) is 0 Å². The topological polar surface area (TPSA) is 199 Å². The Hall–Kier alpha value is -4.08. The van der Waals surface area contributed by atoms with Gasteiger partial charge in [0.2, 0.25) is 0 Å². The van der Waals surface area contributed by atoms with Gasteiger partial charge in [-0.25, -0.2) is 0 Å². The van der Waals surface area contributed by atoms with Gasteiger partial charge >= 0.3 is 0 Å². The quantitative estimate of drug-likeness (QED) is 0.0402. The lowest BCUT2D eigenvalue weighted by Gasteiger charge is -2.30. The highest BCUT2D eigenvalue weighted by atomic mass is 16.3. The molecule has 13 N–H and O–H groups in total. The fourth-order valence-corrected chi connectivity index (χ4v) is 6.95. The van der Waals surface area contributed by atoms with E-state index in [-0.39, 0.29) is 60.1 Å². The minimum absolute atomic E-state index is 0.0302. The van der Waals surface area contributed by atoms with Gasteiger partial charge in [0.25, 0.3) is 0 Å². The third kappa shape index (κ3) is 17.5. The van der Waals surface area contributed by atoms with Crippen LogP contribution >= 0.6 is 0 Å². The first kappa shape index (κ1) is 45.6. The largest absolute Gasteiger partial charge is 0.508 e. The number of hydrogen-bond acceptors (Lipinski definition) is 12. The number of nitrogens with one attached hydrogen (secondary N) is 6. The number of aliphatic hydroxyl groups excluding tert-OH is 2. The van der Waals surface area contributed by atoms with Gasteiger partial charge in [-0.15, -0.1) is 0 Å². The van der Waals surface area contributed by atoms with Crippen molar-refractivity contribution in [1.29, 1.82) is 0 Å². The second kappa shape index (κ2) is 25.3. The molecule has 57 heavy (non-hydrogen) atoms. The van der Waals surface area contributed by atoms with Crippen LogP contribution in [-0.2, 0) is 25.7 Å². The monoisotopic (exact) mass is 786 g/mol. The number of rotatable bonds is 28. The lowest BCUT2D eigenvalue weighted by molar-refractivity contribution is 0.136. The van der Waals surface area contributed by atoms with Crippen LogP contribution in [-0.4, -0.2) is 120 Å². The van der Waals surface area contributed by atoms with Crippen molar-refractivity contribution in [3.8, 4) is 17.2 Å². The van der Waals surface area contributed by atoms with E-state index in [4.69, 9.17) is 5.73 Å². The molecule has 4 aromatic carbocycles. The van der Waals surface area contributed by atoms with E-state index in [9.17, 15) is 25.5 Å². The van der Waals surface area contributed by atoms with E-state index >= 15 is 0 Å². The molecule has 0 aliphatic carbocycles. The second-order valence-electron chi connectivity index (χ2n) is 15.2. The van der Waals surface area contributed by atoms with Gasteiger partial charge in [0.1, 0.15) is 17.2 Å². The number of likely N-dealkylation sites (N-methyl/N-ethyl adjacent to an activating group) is 1. The Balaban J connectivity index is 1.50. The van der Waals surface area contributed by atoms with E-state index in [2.05, 4.69) is 51.0 Å². The fraction of sp³-hybridized carbons (Fsp3) is 0.467. The maximum atomic E-state index is 10.6. The summed E-state index contributed by atoms with van der Waals surface area (Å²) in [6.07, 6.45) is 2.45. The molecule has 0 heterocycles. The molecule has 0 aromatic heterocycles. The van der Waals surface area contributed by atoms with Gasteiger partial charge in [-0.1, -0.05) is 73.7 Å². The number of benzene rings is 4. The lowest BCUT2D eigenvalue weighted by atomic mass is 10.0. The molecule has 12 heteroatoms. The molecular weight excluding hydrogens is 719 g/mol. The van der Waals surface area contributed by atoms with Crippen LogP contribution in [0.2, 0.25) is 0 Å². The summed E-state index contributed by atoms with van der Waals surface area (Å²) in [5.41, 5.74) is 10.4. The predicted octanol–water partition coefficient (Wildman–Crippen LogP) is 2.17. The van der Waals surface area contributed by atoms with Crippen LogP contribution in [0.3, 0.4) is 0 Å². The SMILES string of the molecule is CCN[C@H](CN[C@H](CN[C@H](CN[C@H](CN[C@@H](CN[C@@H](CN)CO)[C@@H](C)O)Cc1ccccc1)Cc1ccc(O)cc1)Cc1ccc(O)cc1)Cc1ccc(O)cc1. The molecule has 4 rings (SSSR count). The normalized spacial score (nSPS) is 15.4. The van der Waals surface area contributed by atoms with E-state index < -0.39 is 6.10 Å². The van der Waals surface area contributed by atoms with Crippen molar-refractivity contribution >= 4 is 0 Å². The van der Waals surface area contributed by atoms with Crippen molar-refractivity contribution in [3.63, 3.8) is 0 Å². The first-order valence-corrected chi connectivity index (χ1v) is 20.4. The fourth-order valence-electron chi connectivity index (χ4n) is 6.95. The van der Waals surface area contributed by atoms with Gasteiger partial charge in [-0.05, 0) is 97.8 Å². The zero-order chi connectivity index (χ0) is 40.8. The Morgan fingerprint density at radius 3 is 1.18 bits per heavy atom. The van der Waals surface area contributed by atoms with Crippen molar-refractivity contribution < 1.29 is 25.5 Å². The Kier molecular flexibility index (Phi) is 20.3. The summed E-state index contributed by atoms with van der Waals surface area (Å²) in [7, 11) is 0. The van der Waals surface area contributed by atoms with Gasteiger partial charge < -0.3 is 63.2 Å². The molecule has 0 saturated heterocycles. The first-order chi connectivity index (χ1) is 27.6.